The van der Waals surface area contributed by atoms with E-state index >= 15 is 0 Å². The Morgan fingerprint density at radius 3 is 2.79 bits per heavy atom. The van der Waals surface area contributed by atoms with Gasteiger partial charge in [0.05, 0.1) is 24.7 Å². The van der Waals surface area contributed by atoms with Crippen molar-refractivity contribution in [2.75, 3.05) is 18.2 Å². The topological polar surface area (TPSA) is 77.2 Å². The zero-order valence-electron chi connectivity index (χ0n) is 10.2. The van der Waals surface area contributed by atoms with E-state index in [4.69, 9.17) is 10.5 Å². The van der Waals surface area contributed by atoms with Crippen molar-refractivity contribution < 1.29 is 13.9 Å². The largest absolute Gasteiger partial charge is 0.497 e. The number of aromatic nitrogens is 1. The van der Waals surface area contributed by atoms with E-state index in [1.165, 1.54) is 37.6 Å². The number of methoxy groups -OCH3 is 1. The fourth-order valence-corrected chi connectivity index (χ4v) is 1.45. The minimum Gasteiger partial charge on any atom is -0.497 e. The van der Waals surface area contributed by atoms with Crippen LogP contribution in [0.3, 0.4) is 0 Å². The normalized spacial score (nSPS) is 10.0. The second kappa shape index (κ2) is 5.34. The van der Waals surface area contributed by atoms with Gasteiger partial charge in [0, 0.05) is 6.07 Å². The van der Waals surface area contributed by atoms with Gasteiger partial charge in [-0.05, 0) is 24.3 Å². The Labute approximate surface area is 109 Å². The van der Waals surface area contributed by atoms with Crippen LogP contribution in [0.5, 0.6) is 5.75 Å². The molecule has 2 aromatic rings. The van der Waals surface area contributed by atoms with E-state index in [0.29, 0.717) is 11.4 Å². The predicted octanol–water partition coefficient (Wildman–Crippen LogP) is 2.06. The maximum absolute atomic E-state index is 13.5. The van der Waals surface area contributed by atoms with Gasteiger partial charge < -0.3 is 15.8 Å². The highest BCUT2D eigenvalue weighted by molar-refractivity contribution is 6.03. The first-order valence-corrected chi connectivity index (χ1v) is 5.46. The van der Waals surface area contributed by atoms with Crippen molar-refractivity contribution in [2.24, 2.45) is 0 Å². The van der Waals surface area contributed by atoms with Gasteiger partial charge in [0.15, 0.2) is 0 Å². The molecule has 0 aliphatic rings. The van der Waals surface area contributed by atoms with Crippen LogP contribution >= 0.6 is 0 Å². The van der Waals surface area contributed by atoms with Gasteiger partial charge >= 0.3 is 0 Å². The summed E-state index contributed by atoms with van der Waals surface area (Å²) in [6.45, 7) is 0. The Morgan fingerprint density at radius 1 is 1.37 bits per heavy atom. The number of carbonyl (C=O) groups excluding carboxylic acids is 1. The number of nitrogens with one attached hydrogen (secondary N) is 1. The molecule has 1 aromatic carbocycles. The summed E-state index contributed by atoms with van der Waals surface area (Å²) < 4.78 is 18.5. The van der Waals surface area contributed by atoms with Gasteiger partial charge in [0.25, 0.3) is 5.91 Å². The van der Waals surface area contributed by atoms with E-state index in [0.717, 1.165) is 0 Å². The van der Waals surface area contributed by atoms with Crippen molar-refractivity contribution in [1.82, 2.24) is 4.98 Å². The number of hydrogen-bond donors (Lipinski definition) is 2. The number of hydrogen-bond acceptors (Lipinski definition) is 4. The minimum absolute atomic E-state index is 0.0305. The molecule has 0 aliphatic heterocycles. The summed E-state index contributed by atoms with van der Waals surface area (Å²) in [5.41, 5.74) is 6.10. The monoisotopic (exact) mass is 261 g/mol. The molecule has 19 heavy (non-hydrogen) atoms. The molecule has 98 valence electrons. The van der Waals surface area contributed by atoms with Crippen LogP contribution < -0.4 is 15.8 Å². The molecule has 3 N–H and O–H groups in total. The molecule has 1 amide bonds. The SMILES string of the molecule is COc1ccc(F)c(NC(=O)c2ccc(N)cn2)c1. The Morgan fingerprint density at radius 2 is 2.16 bits per heavy atom. The lowest BCUT2D eigenvalue weighted by Gasteiger charge is -2.08. The van der Waals surface area contributed by atoms with Crippen LogP contribution in [0.2, 0.25) is 0 Å². The van der Waals surface area contributed by atoms with Crippen molar-refractivity contribution in [3.63, 3.8) is 0 Å². The van der Waals surface area contributed by atoms with E-state index in [1.807, 2.05) is 0 Å². The fourth-order valence-electron chi connectivity index (χ4n) is 1.45. The van der Waals surface area contributed by atoms with Crippen LogP contribution in [0, 0.1) is 5.82 Å². The van der Waals surface area contributed by atoms with Crippen LogP contribution in [0.25, 0.3) is 0 Å². The van der Waals surface area contributed by atoms with Gasteiger partial charge in [0.2, 0.25) is 0 Å². The molecule has 1 heterocycles. The molecule has 1 aromatic heterocycles. The molecular formula is C13H12FN3O2. The first-order chi connectivity index (χ1) is 9.10. The van der Waals surface area contributed by atoms with E-state index in [9.17, 15) is 9.18 Å². The lowest BCUT2D eigenvalue weighted by atomic mass is 10.2. The number of nitrogens with zero attached hydrogens (tertiary/aromatic N) is 1. The highest BCUT2D eigenvalue weighted by atomic mass is 19.1. The van der Waals surface area contributed by atoms with Gasteiger partial charge in [-0.2, -0.15) is 0 Å². The number of rotatable bonds is 3. The summed E-state index contributed by atoms with van der Waals surface area (Å²) in [5, 5.41) is 2.42. The molecule has 0 bridgehead atoms. The van der Waals surface area contributed by atoms with E-state index in [-0.39, 0.29) is 11.4 Å². The Balaban J connectivity index is 2.21. The number of carbonyl (C=O) groups is 1. The van der Waals surface area contributed by atoms with Gasteiger partial charge in [-0.15, -0.1) is 0 Å². The van der Waals surface area contributed by atoms with Crippen LogP contribution in [0.15, 0.2) is 36.5 Å². The molecule has 0 atom stereocenters. The predicted molar refractivity (Wildman–Crippen MR) is 69.6 cm³/mol. The first-order valence-electron chi connectivity index (χ1n) is 5.46. The quantitative estimate of drug-likeness (QED) is 0.886. The highest BCUT2D eigenvalue weighted by Crippen LogP contribution is 2.21. The fraction of sp³-hybridized carbons (Fsp3) is 0.0769. The highest BCUT2D eigenvalue weighted by Gasteiger charge is 2.11. The number of anilines is 2. The number of benzene rings is 1. The zero-order valence-corrected chi connectivity index (χ0v) is 10.2. The van der Waals surface area contributed by atoms with Gasteiger partial charge in [-0.1, -0.05) is 0 Å². The molecule has 0 radical (unpaired) electrons. The second-order valence-electron chi connectivity index (χ2n) is 3.78. The van der Waals surface area contributed by atoms with Crippen molar-refractivity contribution in [2.45, 2.75) is 0 Å². The van der Waals surface area contributed by atoms with Crippen molar-refractivity contribution in [1.29, 1.82) is 0 Å². The van der Waals surface area contributed by atoms with Crippen molar-refractivity contribution in [3.05, 3.63) is 48.0 Å². The molecule has 0 spiro atoms. The smallest absolute Gasteiger partial charge is 0.274 e. The summed E-state index contributed by atoms with van der Waals surface area (Å²) in [6, 6.07) is 7.08. The number of pyridine rings is 1. The average molecular weight is 261 g/mol. The van der Waals surface area contributed by atoms with Crippen molar-refractivity contribution in [3.8, 4) is 5.75 Å². The number of ether oxygens (including phenoxy) is 1. The minimum atomic E-state index is -0.551. The van der Waals surface area contributed by atoms with Crippen molar-refractivity contribution >= 4 is 17.3 Å². The van der Waals surface area contributed by atoms with E-state index < -0.39 is 11.7 Å². The van der Waals surface area contributed by atoms with Crippen LogP contribution in [0.4, 0.5) is 15.8 Å². The molecule has 2 rings (SSSR count). The van der Waals surface area contributed by atoms with Gasteiger partial charge in [-0.3, -0.25) is 4.79 Å². The van der Waals surface area contributed by atoms with E-state index in [1.54, 1.807) is 6.07 Å². The number of amides is 1. The lowest BCUT2D eigenvalue weighted by molar-refractivity contribution is 0.102. The molecule has 6 heteroatoms. The molecule has 0 saturated carbocycles. The molecule has 0 saturated heterocycles. The maximum Gasteiger partial charge on any atom is 0.274 e. The Hall–Kier alpha value is -2.63. The second-order valence-corrected chi connectivity index (χ2v) is 3.78. The van der Waals surface area contributed by atoms with Gasteiger partial charge in [-0.25, -0.2) is 9.37 Å². The summed E-state index contributed by atoms with van der Waals surface area (Å²) in [6.07, 6.45) is 1.36. The van der Waals surface area contributed by atoms with E-state index in [2.05, 4.69) is 10.3 Å². The first kappa shape index (κ1) is 12.8. The third kappa shape index (κ3) is 2.98. The summed E-state index contributed by atoms with van der Waals surface area (Å²) in [4.78, 5) is 15.7. The third-order valence-electron chi connectivity index (χ3n) is 2.44. The number of nitrogen functional groups attached to an aromatic ring is 1. The molecule has 5 nitrogen and oxygen atoms in total. The molecular weight excluding hydrogens is 249 g/mol. The number of halogens is 1. The zero-order chi connectivity index (χ0) is 13.8. The summed E-state index contributed by atoms with van der Waals surface area (Å²) >= 11 is 0. The van der Waals surface area contributed by atoms with Gasteiger partial charge in [0.1, 0.15) is 17.3 Å². The Kier molecular flexibility index (Phi) is 3.61. The third-order valence-corrected chi connectivity index (χ3v) is 2.44. The lowest BCUT2D eigenvalue weighted by Crippen LogP contribution is -2.14. The maximum atomic E-state index is 13.5. The molecule has 0 aliphatic carbocycles. The standard InChI is InChI=1S/C13H12FN3O2/c1-19-9-3-4-10(14)12(6-9)17-13(18)11-5-2-8(15)7-16-11/h2-7H,15H2,1H3,(H,17,18). The Bertz CT molecular complexity index is 599. The molecule has 0 fully saturated rings. The molecule has 0 unspecified atom stereocenters. The number of nitrogens with two attached hydrogens (primary N) is 1. The van der Waals surface area contributed by atoms with Crippen LogP contribution in [0.1, 0.15) is 10.5 Å². The van der Waals surface area contributed by atoms with Crippen LogP contribution in [-0.2, 0) is 0 Å². The van der Waals surface area contributed by atoms with Crippen LogP contribution in [-0.4, -0.2) is 18.0 Å². The average Bonchev–Trinajstić information content (AvgIpc) is 2.42. The summed E-state index contributed by atoms with van der Waals surface area (Å²) in [5.74, 6) is -0.626. The summed E-state index contributed by atoms with van der Waals surface area (Å²) in [7, 11) is 1.46.